The van der Waals surface area contributed by atoms with Crippen LogP contribution in [-0.2, 0) is 9.59 Å². The second kappa shape index (κ2) is 2.76. The fraction of sp³-hybridized carbons (Fsp3) is 0. The summed E-state index contributed by atoms with van der Waals surface area (Å²) in [4.78, 5) is 20.2. The SMILES string of the molecule is O=C[C]1[CH][CH][CH][C]1C=O. The van der Waals surface area contributed by atoms with Gasteiger partial charge in [0.15, 0.2) is 0 Å². The van der Waals surface area contributed by atoms with Crippen LogP contribution < -0.4 is 0 Å². The van der Waals surface area contributed by atoms with Crippen molar-refractivity contribution in [2.24, 2.45) is 0 Å². The summed E-state index contributed by atoms with van der Waals surface area (Å²) in [6.07, 6.45) is 6.23. The van der Waals surface area contributed by atoms with Gasteiger partial charge in [0.25, 0.3) is 0 Å². The highest BCUT2D eigenvalue weighted by Crippen LogP contribution is 2.28. The zero-order valence-corrected chi connectivity index (χ0v) is 4.70. The first-order valence-electron chi connectivity index (χ1n) is 2.54. The van der Waals surface area contributed by atoms with Crippen LogP contribution in [0.3, 0.4) is 0 Å². The van der Waals surface area contributed by atoms with Crippen LogP contribution in [0.4, 0.5) is 0 Å². The lowest BCUT2D eigenvalue weighted by Crippen LogP contribution is -2.05. The smallest absolute Gasteiger partial charge is 0.128 e. The number of carbonyl (C=O) groups is 2. The molecule has 0 unspecified atom stereocenters. The van der Waals surface area contributed by atoms with Crippen molar-refractivity contribution in [1.29, 1.82) is 0 Å². The van der Waals surface area contributed by atoms with Gasteiger partial charge in [-0.25, -0.2) is 0 Å². The Bertz CT molecular complexity index is 106. The zero-order chi connectivity index (χ0) is 6.69. The van der Waals surface area contributed by atoms with Crippen molar-refractivity contribution in [3.8, 4) is 0 Å². The second-order valence-electron chi connectivity index (χ2n) is 1.67. The van der Waals surface area contributed by atoms with Crippen LogP contribution in [-0.4, -0.2) is 12.6 Å². The van der Waals surface area contributed by atoms with E-state index in [0.717, 1.165) is 0 Å². The zero-order valence-electron chi connectivity index (χ0n) is 4.70. The van der Waals surface area contributed by atoms with Gasteiger partial charge in [-0.1, -0.05) is 0 Å². The van der Waals surface area contributed by atoms with E-state index in [9.17, 15) is 9.59 Å². The van der Waals surface area contributed by atoms with Gasteiger partial charge in [0.1, 0.15) is 12.6 Å². The largest absolute Gasteiger partial charge is 0.303 e. The first-order valence-corrected chi connectivity index (χ1v) is 2.54. The Morgan fingerprint density at radius 1 is 1.00 bits per heavy atom. The third-order valence-electron chi connectivity index (χ3n) is 1.14. The van der Waals surface area contributed by atoms with Gasteiger partial charge >= 0.3 is 0 Å². The molecule has 1 rings (SSSR count). The molecule has 0 atom stereocenters. The molecule has 0 saturated heterocycles. The second-order valence-corrected chi connectivity index (χ2v) is 1.67. The number of rotatable bonds is 2. The van der Waals surface area contributed by atoms with E-state index >= 15 is 0 Å². The van der Waals surface area contributed by atoms with Gasteiger partial charge < -0.3 is 9.59 Å². The van der Waals surface area contributed by atoms with E-state index in [1.807, 2.05) is 0 Å². The van der Waals surface area contributed by atoms with Crippen LogP contribution in [0.25, 0.3) is 0 Å². The lowest BCUT2D eigenvalue weighted by molar-refractivity contribution is -0.109. The summed E-state index contributed by atoms with van der Waals surface area (Å²) >= 11 is 0. The standard InChI is InChI=1S/C7H5O2/c8-4-6-2-1-3-7(6)5-9/h1-5H. The molecule has 0 heterocycles. The molecule has 5 radical (unpaired) electrons. The highest BCUT2D eigenvalue weighted by molar-refractivity contribution is 5.94. The molecule has 0 amide bonds. The monoisotopic (exact) mass is 121 g/mol. The third kappa shape index (κ3) is 1.18. The molecule has 9 heavy (non-hydrogen) atoms. The molecule has 2 nitrogen and oxygen atoms in total. The van der Waals surface area contributed by atoms with E-state index in [1.54, 1.807) is 19.3 Å². The minimum Gasteiger partial charge on any atom is -0.303 e. The molecule has 1 fully saturated rings. The molecule has 1 saturated carbocycles. The van der Waals surface area contributed by atoms with Gasteiger partial charge in [0.05, 0.1) is 11.8 Å². The van der Waals surface area contributed by atoms with E-state index in [-0.39, 0.29) is 0 Å². The molecule has 1 aliphatic rings. The lowest BCUT2D eigenvalue weighted by Gasteiger charge is -2.00. The molecule has 0 aliphatic heterocycles. The summed E-state index contributed by atoms with van der Waals surface area (Å²) in [5.74, 6) is 0.926. The third-order valence-corrected chi connectivity index (χ3v) is 1.14. The van der Waals surface area contributed by atoms with Crippen LogP contribution in [0, 0.1) is 31.1 Å². The maximum absolute atomic E-state index is 10.1. The first kappa shape index (κ1) is 6.46. The van der Waals surface area contributed by atoms with E-state index in [1.165, 1.54) is 0 Å². The summed E-state index contributed by atoms with van der Waals surface area (Å²) in [5, 5.41) is 0. The number of hydrogen-bond donors (Lipinski definition) is 0. The molecule has 2 heteroatoms. The molecular weight excluding hydrogens is 116 g/mol. The maximum Gasteiger partial charge on any atom is 0.128 e. The Labute approximate surface area is 54.2 Å². The number of hydrogen-bond acceptors (Lipinski definition) is 2. The molecule has 0 spiro atoms. The van der Waals surface area contributed by atoms with Crippen LogP contribution in [0.15, 0.2) is 0 Å². The van der Waals surface area contributed by atoms with Crippen molar-refractivity contribution in [3.05, 3.63) is 31.1 Å². The summed E-state index contributed by atoms with van der Waals surface area (Å²) in [6.45, 7) is 0. The Morgan fingerprint density at radius 2 is 1.44 bits per heavy atom. The Morgan fingerprint density at radius 3 is 1.78 bits per heavy atom. The first-order chi connectivity index (χ1) is 4.38. The van der Waals surface area contributed by atoms with E-state index < -0.39 is 0 Å². The van der Waals surface area contributed by atoms with E-state index in [4.69, 9.17) is 0 Å². The minimum atomic E-state index is 0.463. The van der Waals surface area contributed by atoms with Crippen LogP contribution in [0.2, 0.25) is 0 Å². The quantitative estimate of drug-likeness (QED) is 0.487. The van der Waals surface area contributed by atoms with Crippen LogP contribution in [0.1, 0.15) is 0 Å². The summed E-state index contributed by atoms with van der Waals surface area (Å²) in [5.41, 5.74) is 0. The fourth-order valence-corrected chi connectivity index (χ4v) is 0.663. The Balaban J connectivity index is 2.50. The minimum absolute atomic E-state index is 0.463. The highest BCUT2D eigenvalue weighted by atomic mass is 16.1. The normalized spacial score (nSPS) is 22.2. The maximum atomic E-state index is 10.1. The van der Waals surface area contributed by atoms with Crippen molar-refractivity contribution in [2.45, 2.75) is 0 Å². The summed E-state index contributed by atoms with van der Waals surface area (Å²) in [7, 11) is 0. The average molecular weight is 121 g/mol. The topological polar surface area (TPSA) is 34.1 Å². The van der Waals surface area contributed by atoms with Gasteiger partial charge in [-0.15, -0.1) is 0 Å². The number of aldehydes is 2. The van der Waals surface area contributed by atoms with Crippen molar-refractivity contribution < 1.29 is 9.59 Å². The van der Waals surface area contributed by atoms with Gasteiger partial charge in [-0.05, 0) is 19.3 Å². The molecule has 1 aliphatic carbocycles. The van der Waals surface area contributed by atoms with Gasteiger partial charge in [0.2, 0.25) is 0 Å². The van der Waals surface area contributed by atoms with Crippen molar-refractivity contribution in [2.75, 3.05) is 0 Å². The summed E-state index contributed by atoms with van der Waals surface area (Å²) < 4.78 is 0. The Kier molecular flexibility index (Phi) is 1.98. The van der Waals surface area contributed by atoms with E-state index in [2.05, 4.69) is 0 Å². The number of carbonyl (C=O) groups excluding carboxylic acids is 2. The highest BCUT2D eigenvalue weighted by Gasteiger charge is 2.28. The Hall–Kier alpha value is -0.660. The van der Waals surface area contributed by atoms with Crippen molar-refractivity contribution in [1.82, 2.24) is 0 Å². The molecular formula is C7H5O2. The van der Waals surface area contributed by atoms with Gasteiger partial charge in [-0.2, -0.15) is 0 Å². The fourth-order valence-electron chi connectivity index (χ4n) is 0.663. The molecule has 0 aromatic heterocycles. The molecule has 0 bridgehead atoms. The summed E-state index contributed by atoms with van der Waals surface area (Å²) in [6, 6.07) is 0. The average Bonchev–Trinajstić information content (AvgIpc) is 2.33. The lowest BCUT2D eigenvalue weighted by atomic mass is 10.00. The van der Waals surface area contributed by atoms with Crippen molar-refractivity contribution >= 4 is 12.6 Å². The predicted octanol–water partition coefficient (Wildman–Crippen LogP) is 0.160. The molecule has 0 aromatic rings. The van der Waals surface area contributed by atoms with Gasteiger partial charge in [-0.3, -0.25) is 0 Å². The van der Waals surface area contributed by atoms with Crippen LogP contribution in [0.5, 0.6) is 0 Å². The van der Waals surface area contributed by atoms with Gasteiger partial charge in [0, 0.05) is 0 Å². The van der Waals surface area contributed by atoms with Crippen molar-refractivity contribution in [3.63, 3.8) is 0 Å². The van der Waals surface area contributed by atoms with Crippen LogP contribution >= 0.6 is 0 Å². The molecule has 0 aromatic carbocycles. The predicted molar refractivity (Wildman–Crippen MR) is 31.5 cm³/mol. The van der Waals surface area contributed by atoms with E-state index in [0.29, 0.717) is 24.4 Å². The molecule has 0 N–H and O–H groups in total. The molecule has 45 valence electrons.